The van der Waals surface area contributed by atoms with E-state index in [0.29, 0.717) is 24.2 Å². The molecule has 2 rings (SSSR count). The summed E-state index contributed by atoms with van der Waals surface area (Å²) in [6.07, 6.45) is 4.37. The molecule has 4 heteroatoms. The normalized spacial score (nSPS) is 22.6. The van der Waals surface area contributed by atoms with Gasteiger partial charge in [-0.05, 0) is 32.4 Å². The van der Waals surface area contributed by atoms with Gasteiger partial charge >= 0.3 is 0 Å². The van der Waals surface area contributed by atoms with Gasteiger partial charge in [0.1, 0.15) is 5.54 Å². The number of nitrogens with zero attached hydrogens (tertiary/aromatic N) is 1. The van der Waals surface area contributed by atoms with Gasteiger partial charge in [0.05, 0.1) is 11.3 Å². The number of nitrogens with one attached hydrogen (secondary N) is 1. The van der Waals surface area contributed by atoms with Crippen LogP contribution in [0.1, 0.15) is 37.6 Å². The summed E-state index contributed by atoms with van der Waals surface area (Å²) >= 11 is 0. The summed E-state index contributed by atoms with van der Waals surface area (Å²) < 4.78 is 0. The first-order valence-electron chi connectivity index (χ1n) is 6.88. The van der Waals surface area contributed by atoms with Crippen molar-refractivity contribution in [2.45, 2.75) is 32.7 Å². The number of benzene rings is 1. The number of hydrogen-bond donors (Lipinski definition) is 1. The van der Waals surface area contributed by atoms with E-state index in [9.17, 15) is 9.59 Å². The van der Waals surface area contributed by atoms with E-state index in [0.717, 1.165) is 0 Å². The van der Waals surface area contributed by atoms with Crippen molar-refractivity contribution in [3.8, 4) is 0 Å². The number of carbonyl (C=O) groups excluding carboxylic acids is 2. The summed E-state index contributed by atoms with van der Waals surface area (Å²) in [7, 11) is 0. The first-order chi connectivity index (χ1) is 9.53. The predicted octanol–water partition coefficient (Wildman–Crippen LogP) is 2.51. The van der Waals surface area contributed by atoms with Crippen LogP contribution < -0.4 is 10.2 Å². The quantitative estimate of drug-likeness (QED) is 0.859. The molecule has 0 aliphatic carbocycles. The molecule has 1 aromatic carbocycles. The molecule has 20 heavy (non-hydrogen) atoms. The van der Waals surface area contributed by atoms with Crippen molar-refractivity contribution in [1.82, 2.24) is 5.32 Å². The lowest BCUT2D eigenvalue weighted by molar-refractivity contribution is -0.124. The molecule has 1 N–H and O–H groups in total. The minimum absolute atomic E-state index is 0.0728. The number of fused-ring (bicyclic) bond motifs is 1. The molecule has 0 saturated carbocycles. The molecule has 0 spiro atoms. The van der Waals surface area contributed by atoms with Crippen LogP contribution in [0.25, 0.3) is 0 Å². The molecule has 0 bridgehead atoms. The van der Waals surface area contributed by atoms with Crippen LogP contribution in [0.15, 0.2) is 36.4 Å². The summed E-state index contributed by atoms with van der Waals surface area (Å²) in [5.74, 6) is -0.266. The highest BCUT2D eigenvalue weighted by atomic mass is 16.2. The molecular formula is C16H20N2O2. The fourth-order valence-corrected chi connectivity index (χ4v) is 2.31. The Labute approximate surface area is 119 Å². The maximum atomic E-state index is 12.8. The fraction of sp³-hybridized carbons (Fsp3) is 0.375. The van der Waals surface area contributed by atoms with E-state index in [4.69, 9.17) is 0 Å². The second kappa shape index (κ2) is 5.49. The van der Waals surface area contributed by atoms with Crippen LogP contribution in [-0.4, -0.2) is 23.9 Å². The van der Waals surface area contributed by atoms with Gasteiger partial charge in [0.2, 0.25) is 0 Å². The Morgan fingerprint density at radius 2 is 2.00 bits per heavy atom. The lowest BCUT2D eigenvalue weighted by Gasteiger charge is -2.31. The largest absolute Gasteiger partial charge is 0.338 e. The summed E-state index contributed by atoms with van der Waals surface area (Å²) in [6, 6.07) is 7.22. The molecule has 0 aromatic heterocycles. The van der Waals surface area contributed by atoms with Gasteiger partial charge in [-0.1, -0.05) is 31.2 Å². The summed E-state index contributed by atoms with van der Waals surface area (Å²) in [4.78, 5) is 26.8. The number of hydrogen-bond acceptors (Lipinski definition) is 2. The number of allylic oxidation sites excluding steroid dienone is 1. The Hall–Kier alpha value is -2.10. The van der Waals surface area contributed by atoms with Gasteiger partial charge in [0.15, 0.2) is 0 Å². The van der Waals surface area contributed by atoms with Crippen molar-refractivity contribution in [1.29, 1.82) is 0 Å². The van der Waals surface area contributed by atoms with Crippen molar-refractivity contribution < 1.29 is 9.59 Å². The zero-order valence-corrected chi connectivity index (χ0v) is 12.1. The maximum Gasteiger partial charge on any atom is 0.254 e. The van der Waals surface area contributed by atoms with Gasteiger partial charge in [-0.25, -0.2) is 0 Å². The van der Waals surface area contributed by atoms with Crippen molar-refractivity contribution >= 4 is 17.5 Å². The molecule has 106 valence electrons. The fourth-order valence-electron chi connectivity index (χ4n) is 2.31. The van der Waals surface area contributed by atoms with Crippen molar-refractivity contribution in [2.24, 2.45) is 0 Å². The summed E-state index contributed by atoms with van der Waals surface area (Å²) in [5.41, 5.74) is 0.352. The molecule has 1 atom stereocenters. The lowest BCUT2D eigenvalue weighted by Crippen LogP contribution is -2.55. The van der Waals surface area contributed by atoms with Crippen LogP contribution >= 0.6 is 0 Å². The Balaban J connectivity index is 2.57. The number of carbonyl (C=O) groups is 2. The van der Waals surface area contributed by atoms with E-state index in [2.05, 4.69) is 5.32 Å². The summed E-state index contributed by atoms with van der Waals surface area (Å²) in [5, 5.41) is 2.86. The third kappa shape index (κ3) is 2.33. The summed E-state index contributed by atoms with van der Waals surface area (Å²) in [6.45, 7) is 6.07. The molecule has 1 unspecified atom stereocenters. The highest BCUT2D eigenvalue weighted by molar-refractivity contribution is 6.12. The van der Waals surface area contributed by atoms with Gasteiger partial charge in [-0.2, -0.15) is 0 Å². The zero-order valence-electron chi connectivity index (χ0n) is 12.1. The van der Waals surface area contributed by atoms with Gasteiger partial charge in [0, 0.05) is 6.54 Å². The second-order valence-electron chi connectivity index (χ2n) is 5.14. The van der Waals surface area contributed by atoms with Gasteiger partial charge < -0.3 is 10.2 Å². The molecule has 1 aliphatic heterocycles. The standard InChI is InChI=1S/C16H20N2O2/c1-4-6-11-18-13-10-8-7-9-12(13)14(19)17-16(3,5-2)15(18)20/h4,6-10H,5,11H2,1-3H3,(H,17,19)/b6-4+. The van der Waals surface area contributed by atoms with Crippen molar-refractivity contribution in [3.63, 3.8) is 0 Å². The highest BCUT2D eigenvalue weighted by Gasteiger charge is 2.41. The Morgan fingerprint density at radius 1 is 1.30 bits per heavy atom. The molecule has 1 aromatic rings. The zero-order chi connectivity index (χ0) is 14.8. The van der Waals surface area contributed by atoms with E-state index in [-0.39, 0.29) is 11.8 Å². The third-order valence-electron chi connectivity index (χ3n) is 3.78. The van der Waals surface area contributed by atoms with Crippen LogP contribution in [0, 0.1) is 0 Å². The third-order valence-corrected chi connectivity index (χ3v) is 3.78. The lowest BCUT2D eigenvalue weighted by atomic mass is 9.97. The van der Waals surface area contributed by atoms with E-state index < -0.39 is 5.54 Å². The first kappa shape index (κ1) is 14.3. The Morgan fingerprint density at radius 3 is 2.65 bits per heavy atom. The van der Waals surface area contributed by atoms with Gasteiger partial charge in [-0.15, -0.1) is 0 Å². The van der Waals surface area contributed by atoms with E-state index in [1.165, 1.54) is 0 Å². The topological polar surface area (TPSA) is 49.4 Å². The van der Waals surface area contributed by atoms with Gasteiger partial charge in [-0.3, -0.25) is 9.59 Å². The SMILES string of the molecule is C/C=C/CN1C(=O)C(C)(CC)NC(=O)c2ccccc21. The number of amides is 2. The van der Waals surface area contributed by atoms with Crippen LogP contribution in [0.5, 0.6) is 0 Å². The van der Waals surface area contributed by atoms with Crippen LogP contribution in [0.2, 0.25) is 0 Å². The monoisotopic (exact) mass is 272 g/mol. The van der Waals surface area contributed by atoms with Crippen molar-refractivity contribution in [3.05, 3.63) is 42.0 Å². The average molecular weight is 272 g/mol. The van der Waals surface area contributed by atoms with Crippen LogP contribution in [-0.2, 0) is 4.79 Å². The van der Waals surface area contributed by atoms with E-state index in [1.807, 2.05) is 44.2 Å². The second-order valence-corrected chi connectivity index (χ2v) is 5.14. The Kier molecular flexibility index (Phi) is 3.93. The molecule has 2 amide bonds. The molecule has 1 aliphatic rings. The van der Waals surface area contributed by atoms with Crippen LogP contribution in [0.3, 0.4) is 0 Å². The minimum atomic E-state index is -0.863. The molecule has 1 heterocycles. The average Bonchev–Trinajstić information content (AvgIpc) is 2.54. The predicted molar refractivity (Wildman–Crippen MR) is 79.8 cm³/mol. The number of anilines is 1. The number of rotatable bonds is 3. The Bertz CT molecular complexity index is 565. The smallest absolute Gasteiger partial charge is 0.254 e. The van der Waals surface area contributed by atoms with Crippen LogP contribution in [0.4, 0.5) is 5.69 Å². The molecule has 0 fully saturated rings. The van der Waals surface area contributed by atoms with E-state index >= 15 is 0 Å². The van der Waals surface area contributed by atoms with Crippen molar-refractivity contribution in [2.75, 3.05) is 11.4 Å². The molecule has 0 radical (unpaired) electrons. The first-order valence-corrected chi connectivity index (χ1v) is 6.88. The molecule has 4 nitrogen and oxygen atoms in total. The number of para-hydroxylation sites is 1. The minimum Gasteiger partial charge on any atom is -0.338 e. The molecule has 0 saturated heterocycles. The highest BCUT2D eigenvalue weighted by Crippen LogP contribution is 2.28. The van der Waals surface area contributed by atoms with Gasteiger partial charge in [0.25, 0.3) is 11.8 Å². The van der Waals surface area contributed by atoms with E-state index in [1.54, 1.807) is 17.9 Å². The maximum absolute atomic E-state index is 12.8. The molecular weight excluding hydrogens is 252 g/mol.